The first-order valence-electron chi connectivity index (χ1n) is 7.19. The predicted octanol–water partition coefficient (Wildman–Crippen LogP) is 2.62. The van der Waals surface area contributed by atoms with Crippen molar-refractivity contribution in [2.75, 3.05) is 6.54 Å². The third-order valence-electron chi connectivity index (χ3n) is 3.44. The zero-order valence-electron chi connectivity index (χ0n) is 11.6. The molecule has 3 rings (SSSR count). The van der Waals surface area contributed by atoms with Crippen molar-refractivity contribution in [3.63, 3.8) is 0 Å². The van der Waals surface area contributed by atoms with Gasteiger partial charge in [-0.05, 0) is 37.4 Å². The molecule has 1 heterocycles. The van der Waals surface area contributed by atoms with Crippen LogP contribution in [0.15, 0.2) is 22.6 Å². The number of aryl methyl sites for hydroxylation is 1. The van der Waals surface area contributed by atoms with E-state index < -0.39 is 11.6 Å². The van der Waals surface area contributed by atoms with Gasteiger partial charge in [0.15, 0.2) is 0 Å². The zero-order valence-corrected chi connectivity index (χ0v) is 11.6. The highest BCUT2D eigenvalue weighted by molar-refractivity contribution is 5.21. The average molecular weight is 293 g/mol. The van der Waals surface area contributed by atoms with Crippen molar-refractivity contribution in [3.8, 4) is 0 Å². The predicted molar refractivity (Wildman–Crippen MR) is 72.8 cm³/mol. The van der Waals surface area contributed by atoms with Crippen LogP contribution in [0.5, 0.6) is 0 Å². The molecule has 0 bridgehead atoms. The van der Waals surface area contributed by atoms with Crippen molar-refractivity contribution in [1.82, 2.24) is 15.5 Å². The first-order valence-corrected chi connectivity index (χ1v) is 7.19. The van der Waals surface area contributed by atoms with Gasteiger partial charge in [-0.3, -0.25) is 0 Å². The maximum Gasteiger partial charge on any atom is 0.221 e. The second-order valence-electron chi connectivity index (χ2n) is 5.33. The van der Waals surface area contributed by atoms with Crippen LogP contribution in [0.1, 0.15) is 36.6 Å². The quantitative estimate of drug-likeness (QED) is 0.797. The lowest BCUT2D eigenvalue weighted by Gasteiger charge is -2.00. The molecule has 21 heavy (non-hydrogen) atoms. The minimum absolute atomic E-state index is 0.180. The third kappa shape index (κ3) is 4.07. The summed E-state index contributed by atoms with van der Waals surface area (Å²) in [5.41, 5.74) is 0.349. The van der Waals surface area contributed by atoms with Crippen molar-refractivity contribution >= 4 is 0 Å². The number of halogens is 2. The van der Waals surface area contributed by atoms with Gasteiger partial charge in [0, 0.05) is 18.5 Å². The third-order valence-corrected chi connectivity index (χ3v) is 3.44. The number of nitrogens with zero attached hydrogens (tertiary/aromatic N) is 2. The molecular formula is C15H17F2N3O. The maximum absolute atomic E-state index is 13.5. The molecule has 0 spiro atoms. The van der Waals surface area contributed by atoms with Gasteiger partial charge < -0.3 is 9.73 Å². The zero-order chi connectivity index (χ0) is 14.7. The van der Waals surface area contributed by atoms with Gasteiger partial charge in [0.25, 0.3) is 0 Å². The molecule has 1 aliphatic rings. The Labute approximate surface area is 121 Å². The average Bonchev–Trinajstić information content (AvgIpc) is 3.17. The minimum Gasteiger partial charge on any atom is -0.425 e. The molecule has 0 amide bonds. The monoisotopic (exact) mass is 293 g/mol. The molecule has 0 radical (unpaired) electrons. The van der Waals surface area contributed by atoms with Crippen LogP contribution >= 0.6 is 0 Å². The van der Waals surface area contributed by atoms with Crippen LogP contribution in [0.4, 0.5) is 8.78 Å². The van der Waals surface area contributed by atoms with E-state index in [9.17, 15) is 8.78 Å². The lowest BCUT2D eigenvalue weighted by atomic mass is 10.1. The standard InChI is InChI=1S/C15H17F2N3O/c16-11-4-3-10(13(17)9-11)8-15-20-19-14(21-15)2-1-7-18-12-5-6-12/h3-4,9,12,18H,1-2,5-8H2. The summed E-state index contributed by atoms with van der Waals surface area (Å²) in [6.45, 7) is 0.939. The molecule has 1 N–H and O–H groups in total. The molecule has 2 aromatic rings. The van der Waals surface area contributed by atoms with Crippen LogP contribution in [0.2, 0.25) is 0 Å². The molecule has 1 saturated carbocycles. The molecule has 0 unspecified atom stereocenters. The summed E-state index contributed by atoms with van der Waals surface area (Å²) in [4.78, 5) is 0. The van der Waals surface area contributed by atoms with Crippen molar-refractivity contribution < 1.29 is 13.2 Å². The molecule has 0 saturated heterocycles. The van der Waals surface area contributed by atoms with E-state index in [1.165, 1.54) is 25.0 Å². The molecule has 4 nitrogen and oxygen atoms in total. The number of hydrogen-bond donors (Lipinski definition) is 1. The van der Waals surface area contributed by atoms with Crippen LogP contribution < -0.4 is 5.32 Å². The van der Waals surface area contributed by atoms with Crippen LogP contribution in [-0.2, 0) is 12.8 Å². The first-order chi connectivity index (χ1) is 10.2. The molecule has 1 aliphatic carbocycles. The van der Waals surface area contributed by atoms with Crippen molar-refractivity contribution in [2.45, 2.75) is 38.1 Å². The summed E-state index contributed by atoms with van der Waals surface area (Å²) in [6.07, 6.45) is 4.36. The summed E-state index contributed by atoms with van der Waals surface area (Å²) in [6, 6.07) is 4.17. The Kier molecular flexibility index (Phi) is 4.24. The van der Waals surface area contributed by atoms with Gasteiger partial charge in [-0.2, -0.15) is 0 Å². The van der Waals surface area contributed by atoms with Gasteiger partial charge in [-0.25, -0.2) is 8.78 Å². The largest absolute Gasteiger partial charge is 0.425 e. The van der Waals surface area contributed by atoms with Crippen molar-refractivity contribution in [1.29, 1.82) is 0 Å². The van der Waals surface area contributed by atoms with E-state index in [1.807, 2.05) is 0 Å². The Hall–Kier alpha value is -1.82. The van der Waals surface area contributed by atoms with Crippen LogP contribution in [0, 0.1) is 11.6 Å². The summed E-state index contributed by atoms with van der Waals surface area (Å²) in [5, 5.41) is 11.3. The fourth-order valence-electron chi connectivity index (χ4n) is 2.12. The highest BCUT2D eigenvalue weighted by Crippen LogP contribution is 2.18. The molecular weight excluding hydrogens is 276 g/mol. The lowest BCUT2D eigenvalue weighted by molar-refractivity contribution is 0.446. The van der Waals surface area contributed by atoms with Crippen LogP contribution in [0.3, 0.4) is 0 Å². The van der Waals surface area contributed by atoms with Gasteiger partial charge in [0.2, 0.25) is 11.8 Å². The fourth-order valence-corrected chi connectivity index (χ4v) is 2.12. The molecule has 0 aliphatic heterocycles. The van der Waals surface area contributed by atoms with Crippen molar-refractivity contribution in [3.05, 3.63) is 47.2 Å². The van der Waals surface area contributed by atoms with E-state index in [2.05, 4.69) is 15.5 Å². The second-order valence-corrected chi connectivity index (χ2v) is 5.33. The SMILES string of the molecule is Fc1ccc(Cc2nnc(CCCNC3CC3)o2)c(F)c1. The van der Waals surface area contributed by atoms with E-state index in [1.54, 1.807) is 0 Å². The Bertz CT molecular complexity index is 611. The Morgan fingerprint density at radius 3 is 2.76 bits per heavy atom. The summed E-state index contributed by atoms with van der Waals surface area (Å²) >= 11 is 0. The van der Waals surface area contributed by atoms with Gasteiger partial charge in [-0.15, -0.1) is 10.2 Å². The van der Waals surface area contributed by atoms with Crippen molar-refractivity contribution in [2.24, 2.45) is 0 Å². The lowest BCUT2D eigenvalue weighted by Crippen LogP contribution is -2.17. The fraction of sp³-hybridized carbons (Fsp3) is 0.467. The molecule has 6 heteroatoms. The number of benzene rings is 1. The summed E-state index contributed by atoms with van der Waals surface area (Å²) in [5.74, 6) is -0.273. The van der Waals surface area contributed by atoms with E-state index in [-0.39, 0.29) is 6.42 Å². The van der Waals surface area contributed by atoms with Gasteiger partial charge in [-0.1, -0.05) is 6.07 Å². The van der Waals surface area contributed by atoms with Crippen LogP contribution in [-0.4, -0.2) is 22.8 Å². The number of rotatable bonds is 7. The molecule has 1 aromatic carbocycles. The smallest absolute Gasteiger partial charge is 0.221 e. The summed E-state index contributed by atoms with van der Waals surface area (Å²) < 4.78 is 31.8. The van der Waals surface area contributed by atoms with Gasteiger partial charge in [0.05, 0.1) is 6.42 Å². The molecule has 1 fully saturated rings. The topological polar surface area (TPSA) is 51.0 Å². The summed E-state index contributed by atoms with van der Waals surface area (Å²) in [7, 11) is 0. The highest BCUT2D eigenvalue weighted by Gasteiger charge is 2.19. The number of hydrogen-bond acceptors (Lipinski definition) is 4. The number of aromatic nitrogens is 2. The maximum atomic E-state index is 13.5. The van der Waals surface area contributed by atoms with E-state index >= 15 is 0 Å². The van der Waals surface area contributed by atoms with E-state index in [0.717, 1.165) is 19.0 Å². The normalized spacial score (nSPS) is 14.6. The van der Waals surface area contributed by atoms with Gasteiger partial charge >= 0.3 is 0 Å². The van der Waals surface area contributed by atoms with E-state index in [4.69, 9.17) is 4.42 Å². The molecule has 1 aromatic heterocycles. The Balaban J connectivity index is 1.51. The molecule has 0 atom stereocenters. The van der Waals surface area contributed by atoms with Gasteiger partial charge in [0.1, 0.15) is 11.6 Å². The van der Waals surface area contributed by atoms with Crippen LogP contribution in [0.25, 0.3) is 0 Å². The molecule has 112 valence electrons. The Morgan fingerprint density at radius 1 is 1.19 bits per heavy atom. The number of nitrogens with one attached hydrogen (secondary N) is 1. The minimum atomic E-state index is -0.594. The second kappa shape index (κ2) is 6.30. The first kappa shape index (κ1) is 14.1. The van der Waals surface area contributed by atoms with E-state index in [0.29, 0.717) is 29.8 Å². The Morgan fingerprint density at radius 2 is 2.00 bits per heavy atom. The highest BCUT2D eigenvalue weighted by atomic mass is 19.1.